The van der Waals surface area contributed by atoms with Crippen molar-refractivity contribution in [1.82, 2.24) is 10.4 Å². The molecule has 9 nitrogen and oxygen atoms in total. The number of amides is 2. The van der Waals surface area contributed by atoms with Crippen LogP contribution in [0.25, 0.3) is 11.3 Å². The molecule has 46 heavy (non-hydrogen) atoms. The van der Waals surface area contributed by atoms with Gasteiger partial charge in [-0.15, -0.1) is 11.3 Å². The van der Waals surface area contributed by atoms with E-state index in [2.05, 4.69) is 42.1 Å². The van der Waals surface area contributed by atoms with Crippen molar-refractivity contribution in [2.75, 3.05) is 24.4 Å². The first-order valence-electron chi connectivity index (χ1n) is 14.3. The molecular weight excluding hydrogens is 666 g/mol. The lowest BCUT2D eigenvalue weighted by molar-refractivity contribution is -0.118. The molecule has 0 unspecified atom stereocenters. The van der Waals surface area contributed by atoms with Crippen molar-refractivity contribution in [2.24, 2.45) is 5.10 Å². The van der Waals surface area contributed by atoms with Crippen molar-refractivity contribution in [3.05, 3.63) is 117 Å². The summed E-state index contributed by atoms with van der Waals surface area (Å²) in [6, 6.07) is 24.6. The number of rotatable bonds is 11. The van der Waals surface area contributed by atoms with Gasteiger partial charge in [0.25, 0.3) is 11.8 Å². The summed E-state index contributed by atoms with van der Waals surface area (Å²) < 4.78 is 11.8. The number of aryl methyl sites for hydroxylation is 3. The van der Waals surface area contributed by atoms with Crippen molar-refractivity contribution in [2.45, 2.75) is 20.8 Å². The number of carbonyl (C=O) groups excluding carboxylic acids is 2. The standard InChI is InChI=1S/C35H32BrN5O4S/c1-21-6-13-27(14-7-21)38-35-40-30(20-46-35)25-9-11-26(12-10-25)34(43)41-37-18-24-16-28(36)33(31(17-24)44-4)45-19-32(42)39-29-15-22(2)5-8-23(29)3/h5-18,20H,19H2,1-4H3,(H,38,40)(H,39,42)(H,41,43)/b37-18+. The number of anilines is 3. The first-order valence-corrected chi connectivity index (χ1v) is 16.0. The summed E-state index contributed by atoms with van der Waals surface area (Å²) in [7, 11) is 1.50. The van der Waals surface area contributed by atoms with Gasteiger partial charge in [0.2, 0.25) is 0 Å². The van der Waals surface area contributed by atoms with E-state index in [-0.39, 0.29) is 18.4 Å². The second-order valence-electron chi connectivity index (χ2n) is 10.5. The van der Waals surface area contributed by atoms with Crippen LogP contribution < -0.4 is 25.5 Å². The number of carbonyl (C=O) groups is 2. The number of nitrogens with zero attached hydrogens (tertiary/aromatic N) is 2. The molecule has 0 fully saturated rings. The molecule has 5 aromatic rings. The number of hydrogen-bond donors (Lipinski definition) is 3. The molecule has 3 N–H and O–H groups in total. The summed E-state index contributed by atoms with van der Waals surface area (Å²) in [6.45, 7) is 5.73. The lowest BCUT2D eigenvalue weighted by Crippen LogP contribution is -2.21. The van der Waals surface area contributed by atoms with Gasteiger partial charge in [0, 0.05) is 27.9 Å². The Kier molecular flexibility index (Phi) is 10.5. The Labute approximate surface area is 279 Å². The molecule has 11 heteroatoms. The summed E-state index contributed by atoms with van der Waals surface area (Å²) in [5, 5.41) is 13.1. The number of benzene rings is 4. The van der Waals surface area contributed by atoms with E-state index in [9.17, 15) is 9.59 Å². The summed E-state index contributed by atoms with van der Waals surface area (Å²) >= 11 is 5.00. The number of nitrogens with one attached hydrogen (secondary N) is 3. The quantitative estimate of drug-likeness (QED) is 0.0951. The normalized spacial score (nSPS) is 10.9. The molecular formula is C35H32BrN5O4S. The van der Waals surface area contributed by atoms with Crippen LogP contribution in [0, 0.1) is 20.8 Å². The fourth-order valence-electron chi connectivity index (χ4n) is 4.40. The van der Waals surface area contributed by atoms with Gasteiger partial charge in [-0.3, -0.25) is 9.59 Å². The molecule has 0 saturated carbocycles. The number of hydrazone groups is 1. The third-order valence-corrected chi connectivity index (χ3v) is 8.24. The highest BCUT2D eigenvalue weighted by molar-refractivity contribution is 9.10. The zero-order chi connectivity index (χ0) is 32.6. The Morgan fingerprint density at radius 3 is 2.43 bits per heavy atom. The number of hydrogen-bond acceptors (Lipinski definition) is 8. The van der Waals surface area contributed by atoms with Crippen molar-refractivity contribution in [1.29, 1.82) is 0 Å². The highest BCUT2D eigenvalue weighted by Gasteiger charge is 2.14. The van der Waals surface area contributed by atoms with Gasteiger partial charge < -0.3 is 20.1 Å². The maximum atomic E-state index is 12.7. The van der Waals surface area contributed by atoms with Gasteiger partial charge in [0.1, 0.15) is 0 Å². The number of ether oxygens (including phenoxy) is 2. The predicted molar refractivity (Wildman–Crippen MR) is 188 cm³/mol. The van der Waals surface area contributed by atoms with Crippen LogP contribution in [-0.4, -0.2) is 36.7 Å². The minimum atomic E-state index is -0.358. The van der Waals surface area contributed by atoms with Gasteiger partial charge in [-0.1, -0.05) is 42.0 Å². The van der Waals surface area contributed by atoms with E-state index in [1.54, 1.807) is 24.3 Å². The van der Waals surface area contributed by atoms with Gasteiger partial charge in [0.15, 0.2) is 23.2 Å². The zero-order valence-electron chi connectivity index (χ0n) is 25.7. The molecule has 0 radical (unpaired) electrons. The topological polar surface area (TPSA) is 114 Å². The molecule has 1 heterocycles. The lowest BCUT2D eigenvalue weighted by atomic mass is 10.1. The van der Waals surface area contributed by atoms with Gasteiger partial charge in [-0.25, -0.2) is 10.4 Å². The van der Waals surface area contributed by atoms with Gasteiger partial charge in [-0.2, -0.15) is 5.10 Å². The predicted octanol–water partition coefficient (Wildman–Crippen LogP) is 8.03. The van der Waals surface area contributed by atoms with Crippen molar-refractivity contribution >= 4 is 61.8 Å². The molecule has 0 aliphatic rings. The smallest absolute Gasteiger partial charge is 0.271 e. The molecule has 0 aliphatic heterocycles. The van der Waals surface area contributed by atoms with E-state index in [1.165, 1.54) is 30.2 Å². The number of thiazole rings is 1. The van der Waals surface area contributed by atoms with Crippen LogP contribution in [0.1, 0.15) is 32.6 Å². The molecule has 1 aromatic heterocycles. The highest BCUT2D eigenvalue weighted by atomic mass is 79.9. The molecule has 0 aliphatic carbocycles. The van der Waals surface area contributed by atoms with Crippen LogP contribution in [0.15, 0.2) is 93.8 Å². The second kappa shape index (κ2) is 14.9. The third-order valence-electron chi connectivity index (χ3n) is 6.90. The molecule has 234 valence electrons. The average Bonchev–Trinajstić information content (AvgIpc) is 3.51. The van der Waals surface area contributed by atoms with Crippen molar-refractivity contribution < 1.29 is 19.1 Å². The van der Waals surface area contributed by atoms with Gasteiger partial charge in [-0.05, 0) is 95.9 Å². The number of aromatic nitrogens is 1. The summed E-state index contributed by atoms with van der Waals surface area (Å²) in [6.07, 6.45) is 1.49. The van der Waals surface area contributed by atoms with E-state index >= 15 is 0 Å². The molecule has 4 aromatic carbocycles. The molecule has 2 amide bonds. The first-order chi connectivity index (χ1) is 22.2. The Morgan fingerprint density at radius 2 is 1.70 bits per heavy atom. The highest BCUT2D eigenvalue weighted by Crippen LogP contribution is 2.36. The SMILES string of the molecule is COc1cc(/C=N/NC(=O)c2ccc(-c3csc(Nc4ccc(C)cc4)n3)cc2)cc(Br)c1OCC(=O)Nc1cc(C)ccc1C. The second-order valence-corrected chi connectivity index (χ2v) is 12.2. The maximum Gasteiger partial charge on any atom is 0.271 e. The lowest BCUT2D eigenvalue weighted by Gasteiger charge is -2.14. The van der Waals surface area contributed by atoms with Gasteiger partial charge >= 0.3 is 0 Å². The summed E-state index contributed by atoms with van der Waals surface area (Å²) in [5.41, 5.74) is 10.3. The van der Waals surface area contributed by atoms with E-state index in [0.29, 0.717) is 27.1 Å². The summed E-state index contributed by atoms with van der Waals surface area (Å²) in [5.74, 6) is 0.119. The monoisotopic (exact) mass is 697 g/mol. The minimum Gasteiger partial charge on any atom is -0.493 e. The van der Waals surface area contributed by atoms with E-state index in [0.717, 1.165) is 38.9 Å². The van der Waals surface area contributed by atoms with Crippen LogP contribution >= 0.6 is 27.3 Å². The van der Waals surface area contributed by atoms with Crippen LogP contribution in [0.3, 0.4) is 0 Å². The first kappa shape index (κ1) is 32.4. The molecule has 0 atom stereocenters. The fraction of sp³-hybridized carbons (Fsp3) is 0.143. The Balaban J connectivity index is 1.16. The van der Waals surface area contributed by atoms with Crippen LogP contribution in [0.5, 0.6) is 11.5 Å². The third kappa shape index (κ3) is 8.38. The van der Waals surface area contributed by atoms with E-state index in [1.807, 2.05) is 80.7 Å². The Hall–Kier alpha value is -5.00. The number of halogens is 1. The van der Waals surface area contributed by atoms with E-state index < -0.39 is 0 Å². The molecule has 0 bridgehead atoms. The maximum absolute atomic E-state index is 12.7. The molecule has 0 spiro atoms. The Morgan fingerprint density at radius 1 is 0.957 bits per heavy atom. The van der Waals surface area contributed by atoms with Crippen LogP contribution in [0.4, 0.5) is 16.5 Å². The van der Waals surface area contributed by atoms with E-state index in [4.69, 9.17) is 9.47 Å². The zero-order valence-corrected chi connectivity index (χ0v) is 28.1. The fourth-order valence-corrected chi connectivity index (χ4v) is 5.71. The molecule has 5 rings (SSSR count). The average molecular weight is 699 g/mol. The Bertz CT molecular complexity index is 1890. The van der Waals surface area contributed by atoms with Gasteiger partial charge in [0.05, 0.1) is 23.5 Å². The number of methoxy groups -OCH3 is 1. The van der Waals surface area contributed by atoms with Crippen molar-refractivity contribution in [3.63, 3.8) is 0 Å². The minimum absolute atomic E-state index is 0.210. The van der Waals surface area contributed by atoms with Crippen molar-refractivity contribution in [3.8, 4) is 22.8 Å². The van der Waals surface area contributed by atoms with Crippen LogP contribution in [0.2, 0.25) is 0 Å². The largest absolute Gasteiger partial charge is 0.493 e. The summed E-state index contributed by atoms with van der Waals surface area (Å²) in [4.78, 5) is 30.0. The van der Waals surface area contributed by atoms with Crippen LogP contribution in [-0.2, 0) is 4.79 Å². The molecule has 0 saturated heterocycles.